The van der Waals surface area contributed by atoms with E-state index in [4.69, 9.17) is 4.52 Å². The maximum atomic E-state index is 9.68. The van der Waals surface area contributed by atoms with Crippen LogP contribution in [0.4, 0.5) is 0 Å². The summed E-state index contributed by atoms with van der Waals surface area (Å²) in [4.78, 5) is 4.34. The van der Waals surface area contributed by atoms with Gasteiger partial charge >= 0.3 is 0 Å². The second-order valence-corrected chi connectivity index (χ2v) is 5.96. The minimum absolute atomic E-state index is 0.242. The Morgan fingerprint density at radius 2 is 2.16 bits per heavy atom. The summed E-state index contributed by atoms with van der Waals surface area (Å²) in [6.45, 7) is 6.22. The van der Waals surface area contributed by atoms with E-state index in [9.17, 15) is 5.11 Å². The van der Waals surface area contributed by atoms with E-state index in [0.29, 0.717) is 17.6 Å². The van der Waals surface area contributed by atoms with E-state index < -0.39 is 0 Å². The fourth-order valence-electron chi connectivity index (χ4n) is 1.56. The molecule has 0 fully saturated rings. The minimum Gasteiger partial charge on any atom is -0.508 e. The monoisotopic (exact) mass is 278 g/mol. The van der Waals surface area contributed by atoms with Gasteiger partial charge in [-0.1, -0.05) is 25.1 Å². The van der Waals surface area contributed by atoms with Gasteiger partial charge in [0.1, 0.15) is 5.75 Å². The molecule has 2 rings (SSSR count). The lowest BCUT2D eigenvalue weighted by Crippen LogP contribution is -1.92. The standard InChI is InChI=1S/C14H18N2O2S/c1-9(2)7-19-8-13-15-14(18-16-13)11-5-4-10(3)12(17)6-11/h4-6,9,17H,7-8H2,1-3H3. The van der Waals surface area contributed by atoms with Crippen molar-refractivity contribution in [1.82, 2.24) is 10.1 Å². The van der Waals surface area contributed by atoms with Gasteiger partial charge in [0.15, 0.2) is 5.82 Å². The first-order chi connectivity index (χ1) is 9.06. The van der Waals surface area contributed by atoms with E-state index in [-0.39, 0.29) is 5.75 Å². The van der Waals surface area contributed by atoms with Gasteiger partial charge < -0.3 is 9.63 Å². The lowest BCUT2D eigenvalue weighted by Gasteiger charge is -2.00. The number of phenolic OH excluding ortho intramolecular Hbond substituents is 1. The van der Waals surface area contributed by atoms with Crippen LogP contribution in [-0.2, 0) is 5.75 Å². The summed E-state index contributed by atoms with van der Waals surface area (Å²) in [6.07, 6.45) is 0. The summed E-state index contributed by atoms with van der Waals surface area (Å²) in [6, 6.07) is 5.35. The Labute approximate surface area is 117 Å². The second kappa shape index (κ2) is 6.10. The highest BCUT2D eigenvalue weighted by Crippen LogP contribution is 2.25. The first-order valence-corrected chi connectivity index (χ1v) is 7.42. The maximum absolute atomic E-state index is 9.68. The van der Waals surface area contributed by atoms with Gasteiger partial charge in [0.2, 0.25) is 0 Å². The number of aromatic nitrogens is 2. The first kappa shape index (κ1) is 13.9. The molecule has 0 aliphatic heterocycles. The zero-order chi connectivity index (χ0) is 13.8. The van der Waals surface area contributed by atoms with E-state index in [1.807, 2.05) is 19.1 Å². The molecule has 0 amide bonds. The van der Waals surface area contributed by atoms with Crippen molar-refractivity contribution < 1.29 is 9.63 Å². The van der Waals surface area contributed by atoms with Crippen molar-refractivity contribution in [2.75, 3.05) is 5.75 Å². The molecule has 0 atom stereocenters. The lowest BCUT2D eigenvalue weighted by molar-refractivity contribution is 0.424. The van der Waals surface area contributed by atoms with E-state index in [1.165, 1.54) is 0 Å². The highest BCUT2D eigenvalue weighted by atomic mass is 32.2. The smallest absolute Gasteiger partial charge is 0.258 e. The average Bonchev–Trinajstić information content (AvgIpc) is 2.81. The van der Waals surface area contributed by atoms with Crippen LogP contribution in [0.3, 0.4) is 0 Å². The molecule has 5 heteroatoms. The SMILES string of the molecule is Cc1ccc(-c2nc(CSCC(C)C)no2)cc1O. The molecule has 0 bridgehead atoms. The predicted molar refractivity (Wildman–Crippen MR) is 77.1 cm³/mol. The molecular formula is C14H18N2O2S. The van der Waals surface area contributed by atoms with Crippen molar-refractivity contribution in [3.63, 3.8) is 0 Å². The molecule has 4 nitrogen and oxygen atoms in total. The molecule has 0 aliphatic rings. The van der Waals surface area contributed by atoms with E-state index in [2.05, 4.69) is 24.0 Å². The van der Waals surface area contributed by atoms with Gasteiger partial charge in [-0.3, -0.25) is 0 Å². The van der Waals surface area contributed by atoms with Crippen LogP contribution >= 0.6 is 11.8 Å². The molecule has 1 aromatic heterocycles. The largest absolute Gasteiger partial charge is 0.508 e. The molecule has 1 N–H and O–H groups in total. The molecule has 0 saturated carbocycles. The Morgan fingerprint density at radius 1 is 1.37 bits per heavy atom. The lowest BCUT2D eigenvalue weighted by atomic mass is 10.1. The molecule has 0 spiro atoms. The summed E-state index contributed by atoms with van der Waals surface area (Å²) in [5, 5.41) is 13.6. The van der Waals surface area contributed by atoms with Crippen LogP contribution in [0.15, 0.2) is 22.7 Å². The van der Waals surface area contributed by atoms with Crippen LogP contribution in [0, 0.1) is 12.8 Å². The number of phenols is 1. The summed E-state index contributed by atoms with van der Waals surface area (Å²) >= 11 is 1.79. The summed E-state index contributed by atoms with van der Waals surface area (Å²) in [5.74, 6) is 3.88. The minimum atomic E-state index is 0.242. The second-order valence-electron chi connectivity index (χ2n) is 4.93. The molecular weight excluding hydrogens is 260 g/mol. The van der Waals surface area contributed by atoms with Gasteiger partial charge in [0.05, 0.1) is 5.75 Å². The van der Waals surface area contributed by atoms with Crippen molar-refractivity contribution in [2.24, 2.45) is 5.92 Å². The number of rotatable bonds is 5. The van der Waals surface area contributed by atoms with Gasteiger partial charge in [-0.2, -0.15) is 16.7 Å². The topological polar surface area (TPSA) is 59.2 Å². The zero-order valence-electron chi connectivity index (χ0n) is 11.4. The third kappa shape index (κ3) is 3.73. The average molecular weight is 278 g/mol. The van der Waals surface area contributed by atoms with Crippen LogP contribution in [0.2, 0.25) is 0 Å². The number of benzene rings is 1. The molecule has 19 heavy (non-hydrogen) atoms. The number of thioether (sulfide) groups is 1. The van der Waals surface area contributed by atoms with E-state index in [0.717, 1.165) is 22.6 Å². The van der Waals surface area contributed by atoms with Gasteiger partial charge in [-0.05, 0) is 36.3 Å². The molecule has 0 saturated heterocycles. The van der Waals surface area contributed by atoms with Crippen LogP contribution in [0.1, 0.15) is 25.2 Å². The van der Waals surface area contributed by atoms with Gasteiger partial charge in [-0.15, -0.1) is 0 Å². The number of hydrogen-bond donors (Lipinski definition) is 1. The Morgan fingerprint density at radius 3 is 2.84 bits per heavy atom. The number of hydrogen-bond acceptors (Lipinski definition) is 5. The van der Waals surface area contributed by atoms with Crippen LogP contribution in [0.25, 0.3) is 11.5 Å². The van der Waals surface area contributed by atoms with Crippen molar-refractivity contribution in [1.29, 1.82) is 0 Å². The van der Waals surface area contributed by atoms with Gasteiger partial charge in [-0.25, -0.2) is 0 Å². The Balaban J connectivity index is 2.05. The highest BCUT2D eigenvalue weighted by molar-refractivity contribution is 7.98. The molecule has 0 aliphatic carbocycles. The predicted octanol–water partition coefficient (Wildman–Crippen LogP) is 3.64. The quantitative estimate of drug-likeness (QED) is 0.904. The third-order valence-electron chi connectivity index (χ3n) is 2.61. The highest BCUT2D eigenvalue weighted by Gasteiger charge is 2.10. The maximum Gasteiger partial charge on any atom is 0.258 e. The molecule has 102 valence electrons. The summed E-state index contributed by atoms with van der Waals surface area (Å²) < 4.78 is 5.22. The fraction of sp³-hybridized carbons (Fsp3) is 0.429. The Bertz CT molecular complexity index is 552. The van der Waals surface area contributed by atoms with Gasteiger partial charge in [0, 0.05) is 5.56 Å². The molecule has 1 aromatic carbocycles. The molecule has 0 unspecified atom stereocenters. The van der Waals surface area contributed by atoms with Crippen molar-refractivity contribution >= 4 is 11.8 Å². The Kier molecular flexibility index (Phi) is 4.47. The number of aryl methyl sites for hydroxylation is 1. The van der Waals surface area contributed by atoms with Crippen molar-refractivity contribution in [3.05, 3.63) is 29.6 Å². The van der Waals surface area contributed by atoms with Crippen LogP contribution < -0.4 is 0 Å². The van der Waals surface area contributed by atoms with Crippen LogP contribution in [0.5, 0.6) is 5.75 Å². The fourth-order valence-corrected chi connectivity index (χ4v) is 2.45. The van der Waals surface area contributed by atoms with Crippen LogP contribution in [-0.4, -0.2) is 21.0 Å². The Hall–Kier alpha value is -1.49. The van der Waals surface area contributed by atoms with Crippen molar-refractivity contribution in [3.8, 4) is 17.2 Å². The molecule has 1 heterocycles. The number of nitrogens with zero attached hydrogens (tertiary/aromatic N) is 2. The number of aromatic hydroxyl groups is 1. The molecule has 2 aromatic rings. The normalized spacial score (nSPS) is 11.2. The van der Waals surface area contributed by atoms with E-state index in [1.54, 1.807) is 17.8 Å². The third-order valence-corrected chi connectivity index (χ3v) is 3.97. The molecule has 0 radical (unpaired) electrons. The summed E-state index contributed by atoms with van der Waals surface area (Å²) in [7, 11) is 0. The zero-order valence-corrected chi connectivity index (χ0v) is 12.2. The van der Waals surface area contributed by atoms with Gasteiger partial charge in [0.25, 0.3) is 5.89 Å². The van der Waals surface area contributed by atoms with E-state index >= 15 is 0 Å². The summed E-state index contributed by atoms with van der Waals surface area (Å²) in [5.41, 5.74) is 1.58. The first-order valence-electron chi connectivity index (χ1n) is 6.26. The van der Waals surface area contributed by atoms with Crippen molar-refractivity contribution in [2.45, 2.75) is 26.5 Å².